The number of halogens is 2. The van der Waals surface area contributed by atoms with E-state index >= 15 is 0 Å². The van der Waals surface area contributed by atoms with E-state index in [1.165, 1.54) is 0 Å². The van der Waals surface area contributed by atoms with Crippen LogP contribution in [-0.4, -0.2) is 28.5 Å². The lowest BCUT2D eigenvalue weighted by atomic mass is 10.1. The Morgan fingerprint density at radius 1 is 1.36 bits per heavy atom. The van der Waals surface area contributed by atoms with Gasteiger partial charge in [-0.3, -0.25) is 4.98 Å². The molecular formula is C8H14Cl2N4. The lowest BCUT2D eigenvalue weighted by Crippen LogP contribution is -2.28. The molecule has 0 spiro atoms. The summed E-state index contributed by atoms with van der Waals surface area (Å²) < 4.78 is 0. The number of rotatable bonds is 0. The van der Waals surface area contributed by atoms with Crippen molar-refractivity contribution in [1.29, 1.82) is 0 Å². The van der Waals surface area contributed by atoms with Crippen LogP contribution in [0.5, 0.6) is 0 Å². The van der Waals surface area contributed by atoms with Crippen LogP contribution in [0.2, 0.25) is 0 Å². The number of hydrogen-bond donors (Lipinski definition) is 1. The molecular weight excluding hydrogens is 223 g/mol. The van der Waals surface area contributed by atoms with Gasteiger partial charge >= 0.3 is 0 Å². The van der Waals surface area contributed by atoms with Crippen molar-refractivity contribution in [2.45, 2.75) is 13.0 Å². The third-order valence-corrected chi connectivity index (χ3v) is 2.10. The van der Waals surface area contributed by atoms with E-state index in [1.807, 2.05) is 0 Å². The molecule has 80 valence electrons. The Kier molecular flexibility index (Phi) is 5.12. The number of nitrogen functional groups attached to an aromatic ring is 1. The van der Waals surface area contributed by atoms with E-state index in [2.05, 4.69) is 21.9 Å². The van der Waals surface area contributed by atoms with Crippen molar-refractivity contribution in [2.75, 3.05) is 19.3 Å². The lowest BCUT2D eigenvalue weighted by molar-refractivity contribution is 0.304. The molecule has 0 saturated carbocycles. The third-order valence-electron chi connectivity index (χ3n) is 2.10. The zero-order chi connectivity index (χ0) is 8.55. The van der Waals surface area contributed by atoms with Gasteiger partial charge in [-0.25, -0.2) is 4.98 Å². The van der Waals surface area contributed by atoms with Gasteiger partial charge in [-0.2, -0.15) is 0 Å². The molecule has 4 nitrogen and oxygen atoms in total. The van der Waals surface area contributed by atoms with Crippen LogP contribution in [0.1, 0.15) is 11.4 Å². The maximum Gasteiger partial charge on any atom is 0.142 e. The molecule has 0 atom stereocenters. The van der Waals surface area contributed by atoms with Gasteiger partial charge in [-0.1, -0.05) is 0 Å². The lowest BCUT2D eigenvalue weighted by Gasteiger charge is -2.22. The highest BCUT2D eigenvalue weighted by Crippen LogP contribution is 2.13. The summed E-state index contributed by atoms with van der Waals surface area (Å²) in [5.74, 6) is 0.526. The smallest absolute Gasteiger partial charge is 0.142 e. The molecule has 0 saturated heterocycles. The highest BCUT2D eigenvalue weighted by molar-refractivity contribution is 5.85. The molecule has 0 unspecified atom stereocenters. The first-order valence-corrected chi connectivity index (χ1v) is 4.04. The summed E-state index contributed by atoms with van der Waals surface area (Å²) in [7, 11) is 2.08. The minimum atomic E-state index is 0. The van der Waals surface area contributed by atoms with Gasteiger partial charge in [0, 0.05) is 19.5 Å². The molecule has 6 heteroatoms. The molecule has 2 heterocycles. The highest BCUT2D eigenvalue weighted by Gasteiger charge is 2.14. The maximum absolute atomic E-state index is 5.53. The van der Waals surface area contributed by atoms with Crippen LogP contribution < -0.4 is 5.73 Å². The van der Waals surface area contributed by atoms with Crippen LogP contribution >= 0.6 is 24.8 Å². The summed E-state index contributed by atoms with van der Waals surface area (Å²) in [4.78, 5) is 10.7. The number of nitrogens with two attached hydrogens (primary N) is 1. The molecule has 0 aromatic carbocycles. The van der Waals surface area contributed by atoms with Crippen molar-refractivity contribution < 1.29 is 0 Å². The molecule has 0 fully saturated rings. The predicted octanol–water partition coefficient (Wildman–Crippen LogP) is 0.890. The molecule has 2 N–H and O–H groups in total. The number of anilines is 1. The van der Waals surface area contributed by atoms with Crippen LogP contribution in [0.15, 0.2) is 6.20 Å². The van der Waals surface area contributed by atoms with E-state index in [1.54, 1.807) is 6.20 Å². The standard InChI is InChI=1S/C8H12N4.2ClH/c1-12-3-2-6-7(5-12)10-4-8(9)11-6;;/h4H,2-3,5H2,1H3,(H2,9,11);2*1H. The summed E-state index contributed by atoms with van der Waals surface area (Å²) in [5, 5.41) is 0. The minimum absolute atomic E-state index is 0. The fraction of sp³-hybridized carbons (Fsp3) is 0.500. The molecule has 1 aromatic heterocycles. The zero-order valence-electron chi connectivity index (χ0n) is 7.93. The predicted molar refractivity (Wildman–Crippen MR) is 61.0 cm³/mol. The van der Waals surface area contributed by atoms with Crippen molar-refractivity contribution in [3.8, 4) is 0 Å². The number of aromatic nitrogens is 2. The number of hydrogen-bond acceptors (Lipinski definition) is 4. The molecule has 0 aliphatic carbocycles. The monoisotopic (exact) mass is 236 g/mol. The second kappa shape index (κ2) is 5.34. The Hall–Kier alpha value is -0.580. The average Bonchev–Trinajstić information content (AvgIpc) is 2.05. The second-order valence-corrected chi connectivity index (χ2v) is 3.18. The van der Waals surface area contributed by atoms with E-state index in [-0.39, 0.29) is 24.8 Å². The first-order chi connectivity index (χ1) is 5.75. The Morgan fingerprint density at radius 2 is 2.07 bits per heavy atom. The SMILES string of the molecule is CN1CCc2nc(N)cnc2C1.Cl.Cl. The molecule has 1 aliphatic rings. The van der Waals surface area contributed by atoms with Gasteiger partial charge in [0.1, 0.15) is 5.82 Å². The first-order valence-electron chi connectivity index (χ1n) is 4.04. The summed E-state index contributed by atoms with van der Waals surface area (Å²) in [6.45, 7) is 1.94. The summed E-state index contributed by atoms with van der Waals surface area (Å²) >= 11 is 0. The van der Waals surface area contributed by atoms with Gasteiger partial charge < -0.3 is 10.6 Å². The fourth-order valence-corrected chi connectivity index (χ4v) is 1.43. The van der Waals surface area contributed by atoms with Crippen LogP contribution in [0, 0.1) is 0 Å². The van der Waals surface area contributed by atoms with E-state index in [4.69, 9.17) is 5.73 Å². The van der Waals surface area contributed by atoms with Crippen LogP contribution in [-0.2, 0) is 13.0 Å². The number of nitrogens with zero attached hydrogens (tertiary/aromatic N) is 3. The van der Waals surface area contributed by atoms with Crippen molar-refractivity contribution in [1.82, 2.24) is 14.9 Å². The van der Waals surface area contributed by atoms with Crippen molar-refractivity contribution in [3.05, 3.63) is 17.6 Å². The van der Waals surface area contributed by atoms with E-state index < -0.39 is 0 Å². The molecule has 1 aliphatic heterocycles. The van der Waals surface area contributed by atoms with Gasteiger partial charge in [-0.05, 0) is 7.05 Å². The molecule has 0 amide bonds. The minimum Gasteiger partial charge on any atom is -0.382 e. The second-order valence-electron chi connectivity index (χ2n) is 3.18. The molecule has 0 bridgehead atoms. The summed E-state index contributed by atoms with van der Waals surface area (Å²) in [6, 6.07) is 0. The van der Waals surface area contributed by atoms with Crippen molar-refractivity contribution in [2.24, 2.45) is 0 Å². The molecule has 14 heavy (non-hydrogen) atoms. The number of fused-ring (bicyclic) bond motifs is 1. The van der Waals surface area contributed by atoms with Gasteiger partial charge in [0.15, 0.2) is 0 Å². The molecule has 2 rings (SSSR count). The summed E-state index contributed by atoms with van der Waals surface area (Å²) in [5.41, 5.74) is 7.66. The normalized spacial score (nSPS) is 14.9. The van der Waals surface area contributed by atoms with E-state index in [9.17, 15) is 0 Å². The molecule has 0 radical (unpaired) electrons. The first kappa shape index (κ1) is 13.4. The van der Waals surface area contributed by atoms with Crippen molar-refractivity contribution in [3.63, 3.8) is 0 Å². The Bertz CT molecular complexity index is 305. The Morgan fingerprint density at radius 3 is 2.79 bits per heavy atom. The van der Waals surface area contributed by atoms with Crippen LogP contribution in [0.4, 0.5) is 5.82 Å². The largest absolute Gasteiger partial charge is 0.382 e. The third kappa shape index (κ3) is 2.70. The van der Waals surface area contributed by atoms with Crippen molar-refractivity contribution >= 4 is 30.6 Å². The van der Waals surface area contributed by atoms with E-state index in [0.29, 0.717) is 5.82 Å². The van der Waals surface area contributed by atoms with E-state index in [0.717, 1.165) is 30.9 Å². The highest BCUT2D eigenvalue weighted by atomic mass is 35.5. The Labute approximate surface area is 95.7 Å². The van der Waals surface area contributed by atoms with Gasteiger partial charge in [-0.15, -0.1) is 24.8 Å². The Balaban J connectivity index is 0.000000845. The quantitative estimate of drug-likeness (QED) is 0.728. The van der Waals surface area contributed by atoms with Crippen LogP contribution in [0.3, 0.4) is 0 Å². The summed E-state index contributed by atoms with van der Waals surface area (Å²) in [6.07, 6.45) is 2.59. The zero-order valence-corrected chi connectivity index (χ0v) is 9.57. The topological polar surface area (TPSA) is 55.0 Å². The maximum atomic E-state index is 5.53. The van der Waals surface area contributed by atoms with Gasteiger partial charge in [0.05, 0.1) is 17.6 Å². The molecule has 1 aromatic rings. The fourth-order valence-electron chi connectivity index (χ4n) is 1.43. The van der Waals surface area contributed by atoms with Gasteiger partial charge in [0.2, 0.25) is 0 Å². The average molecular weight is 237 g/mol. The number of likely N-dealkylation sites (N-methyl/N-ethyl adjacent to an activating group) is 1. The van der Waals surface area contributed by atoms with Gasteiger partial charge in [0.25, 0.3) is 0 Å². The van der Waals surface area contributed by atoms with Crippen LogP contribution in [0.25, 0.3) is 0 Å².